The number of aromatic nitrogens is 2. The van der Waals surface area contributed by atoms with E-state index in [-0.39, 0.29) is 5.56 Å². The number of aryl methyl sites for hydroxylation is 1. The molecule has 1 aromatic heterocycles. The van der Waals surface area contributed by atoms with Crippen LogP contribution in [0.3, 0.4) is 0 Å². The van der Waals surface area contributed by atoms with Crippen LogP contribution in [0.4, 0.5) is 0 Å². The number of nitrogens with zero attached hydrogens (tertiary/aromatic N) is 4. The van der Waals surface area contributed by atoms with Gasteiger partial charge < -0.3 is 4.90 Å². The van der Waals surface area contributed by atoms with Gasteiger partial charge in [0.15, 0.2) is 0 Å². The lowest BCUT2D eigenvalue weighted by atomic mass is 10.1. The minimum atomic E-state index is 0.0110. The smallest absolute Gasteiger partial charge is 0.266 e. The molecule has 1 saturated heterocycles. The topological polar surface area (TPSA) is 41.4 Å². The Hall–Kier alpha value is -2.50. The molecule has 0 aliphatic carbocycles. The zero-order valence-electron chi connectivity index (χ0n) is 18.8. The summed E-state index contributed by atoms with van der Waals surface area (Å²) in [5, 5.41) is 0.667. The average Bonchev–Trinajstić information content (AvgIpc) is 2.94. The van der Waals surface area contributed by atoms with E-state index in [1.165, 1.54) is 6.42 Å². The summed E-state index contributed by atoms with van der Waals surface area (Å²) in [5.41, 5.74) is 2.78. The average molecular weight is 407 g/mol. The molecule has 4 rings (SSSR count). The van der Waals surface area contributed by atoms with E-state index in [2.05, 4.69) is 30.7 Å². The number of para-hydroxylation sites is 2. The van der Waals surface area contributed by atoms with E-state index in [0.717, 1.165) is 55.2 Å². The highest BCUT2D eigenvalue weighted by molar-refractivity contribution is 5.77. The van der Waals surface area contributed by atoms with Crippen molar-refractivity contribution in [3.05, 3.63) is 70.3 Å². The van der Waals surface area contributed by atoms with Crippen molar-refractivity contribution in [2.75, 3.05) is 33.2 Å². The Morgan fingerprint density at radius 2 is 1.63 bits per heavy atom. The van der Waals surface area contributed by atoms with Gasteiger partial charge in [-0.2, -0.15) is 0 Å². The number of hydrogen-bond donors (Lipinski definition) is 0. The van der Waals surface area contributed by atoms with Gasteiger partial charge in [0, 0.05) is 13.1 Å². The molecule has 0 saturated carbocycles. The second kappa shape index (κ2) is 10.5. The quantitative estimate of drug-likeness (QED) is 0.652. The zero-order valence-corrected chi connectivity index (χ0v) is 18.8. The minimum absolute atomic E-state index is 0.0110. The van der Waals surface area contributed by atoms with Crippen molar-refractivity contribution in [3.63, 3.8) is 0 Å². The maximum atomic E-state index is 13.4. The van der Waals surface area contributed by atoms with Crippen LogP contribution in [0, 0.1) is 6.92 Å². The number of benzene rings is 2. The molecule has 5 heteroatoms. The molecule has 2 aromatic carbocycles. The van der Waals surface area contributed by atoms with Crippen LogP contribution in [-0.4, -0.2) is 52.6 Å². The van der Waals surface area contributed by atoms with Crippen LogP contribution in [0.5, 0.6) is 0 Å². The molecule has 1 aliphatic rings. The first-order chi connectivity index (χ1) is 14.5. The molecule has 160 valence electrons. The number of likely N-dealkylation sites (N-methyl/N-ethyl adjacent to an activating group) is 1. The van der Waals surface area contributed by atoms with Gasteiger partial charge in [-0.3, -0.25) is 14.3 Å². The fraction of sp³-hybridized carbons (Fsp3) is 0.440. The maximum absolute atomic E-state index is 13.4. The van der Waals surface area contributed by atoms with Crippen LogP contribution in [0.2, 0.25) is 0 Å². The van der Waals surface area contributed by atoms with Crippen molar-refractivity contribution in [1.82, 2.24) is 19.4 Å². The van der Waals surface area contributed by atoms with E-state index in [9.17, 15) is 4.79 Å². The Bertz CT molecular complexity index is 1030. The number of hydrogen-bond acceptors (Lipinski definition) is 4. The van der Waals surface area contributed by atoms with E-state index in [4.69, 9.17) is 4.98 Å². The molecular formula is C25H34N4O. The second-order valence-corrected chi connectivity index (χ2v) is 8.11. The molecule has 0 unspecified atom stereocenters. The third-order valence-corrected chi connectivity index (χ3v) is 5.38. The van der Waals surface area contributed by atoms with Crippen LogP contribution in [0.1, 0.15) is 38.1 Å². The van der Waals surface area contributed by atoms with Gasteiger partial charge in [0.25, 0.3) is 5.56 Å². The molecule has 0 radical (unpaired) electrons. The molecular weight excluding hydrogens is 372 g/mol. The van der Waals surface area contributed by atoms with Gasteiger partial charge in [-0.1, -0.05) is 50.6 Å². The summed E-state index contributed by atoms with van der Waals surface area (Å²) in [6, 6.07) is 15.7. The molecule has 1 fully saturated rings. The third-order valence-electron chi connectivity index (χ3n) is 5.38. The van der Waals surface area contributed by atoms with Gasteiger partial charge in [0.05, 0.1) is 23.1 Å². The summed E-state index contributed by atoms with van der Waals surface area (Å²) >= 11 is 0. The Morgan fingerprint density at radius 1 is 0.933 bits per heavy atom. The zero-order chi connectivity index (χ0) is 21.5. The Balaban J connectivity index is 0.000000806. The van der Waals surface area contributed by atoms with Crippen molar-refractivity contribution < 1.29 is 0 Å². The molecule has 5 nitrogen and oxygen atoms in total. The first-order valence-corrected chi connectivity index (χ1v) is 11.0. The van der Waals surface area contributed by atoms with Gasteiger partial charge in [-0.05, 0) is 57.2 Å². The molecule has 0 amide bonds. The standard InChI is InChI=1S/C22H26N4O.C3H8/c1-17-8-3-6-11-20(17)26-21(16-25-13-7-12-24(2)14-15-25)23-19-10-5-4-9-18(19)22(26)27;1-3-2/h3-6,8-11H,7,12-16H2,1-2H3;3H2,1-2H3. The molecule has 0 bridgehead atoms. The van der Waals surface area contributed by atoms with E-state index in [0.29, 0.717) is 11.9 Å². The third kappa shape index (κ3) is 5.15. The van der Waals surface area contributed by atoms with E-state index < -0.39 is 0 Å². The van der Waals surface area contributed by atoms with E-state index in [1.54, 1.807) is 0 Å². The van der Waals surface area contributed by atoms with Crippen molar-refractivity contribution in [2.45, 2.75) is 40.2 Å². The van der Waals surface area contributed by atoms with Gasteiger partial charge in [0.1, 0.15) is 5.82 Å². The molecule has 30 heavy (non-hydrogen) atoms. The highest BCUT2D eigenvalue weighted by Crippen LogP contribution is 2.18. The van der Waals surface area contributed by atoms with E-state index in [1.807, 2.05) is 60.0 Å². The van der Waals surface area contributed by atoms with Crippen molar-refractivity contribution in [1.29, 1.82) is 0 Å². The summed E-state index contributed by atoms with van der Waals surface area (Å²) in [6.45, 7) is 11.2. The van der Waals surface area contributed by atoms with Crippen LogP contribution < -0.4 is 5.56 Å². The summed E-state index contributed by atoms with van der Waals surface area (Å²) in [7, 11) is 2.17. The SMILES string of the molecule is CCC.Cc1ccccc1-n1c(CN2CCCN(C)CC2)nc2ccccc2c1=O. The van der Waals surface area contributed by atoms with Crippen molar-refractivity contribution in [2.24, 2.45) is 0 Å². The predicted octanol–water partition coefficient (Wildman–Crippen LogP) is 4.25. The highest BCUT2D eigenvalue weighted by atomic mass is 16.1. The lowest BCUT2D eigenvalue weighted by Crippen LogP contribution is -2.33. The first-order valence-electron chi connectivity index (χ1n) is 11.0. The highest BCUT2D eigenvalue weighted by Gasteiger charge is 2.18. The molecule has 0 atom stereocenters. The summed E-state index contributed by atoms with van der Waals surface area (Å²) in [6.07, 6.45) is 2.39. The lowest BCUT2D eigenvalue weighted by molar-refractivity contribution is 0.261. The molecule has 0 N–H and O–H groups in total. The number of fused-ring (bicyclic) bond motifs is 1. The predicted molar refractivity (Wildman–Crippen MR) is 125 cm³/mol. The normalized spacial score (nSPS) is 15.5. The molecule has 3 aromatic rings. The summed E-state index contributed by atoms with van der Waals surface area (Å²) in [4.78, 5) is 23.0. The monoisotopic (exact) mass is 406 g/mol. The van der Waals surface area contributed by atoms with Crippen molar-refractivity contribution >= 4 is 10.9 Å². The summed E-state index contributed by atoms with van der Waals surface area (Å²) in [5.74, 6) is 0.817. The van der Waals surface area contributed by atoms with E-state index >= 15 is 0 Å². The Morgan fingerprint density at radius 3 is 2.40 bits per heavy atom. The van der Waals surface area contributed by atoms with Gasteiger partial charge in [-0.25, -0.2) is 4.98 Å². The first kappa shape index (κ1) is 22.2. The van der Waals surface area contributed by atoms with Crippen LogP contribution >= 0.6 is 0 Å². The Kier molecular flexibility index (Phi) is 7.77. The van der Waals surface area contributed by atoms with Crippen LogP contribution in [0.15, 0.2) is 53.3 Å². The maximum Gasteiger partial charge on any atom is 0.266 e. The van der Waals surface area contributed by atoms with Gasteiger partial charge in [0.2, 0.25) is 0 Å². The second-order valence-electron chi connectivity index (χ2n) is 8.11. The molecule has 2 heterocycles. The Labute approximate surface area is 180 Å². The fourth-order valence-corrected chi connectivity index (χ4v) is 3.81. The van der Waals surface area contributed by atoms with Crippen LogP contribution in [0.25, 0.3) is 16.6 Å². The summed E-state index contributed by atoms with van der Waals surface area (Å²) < 4.78 is 1.81. The largest absolute Gasteiger partial charge is 0.305 e. The molecule has 1 aliphatic heterocycles. The van der Waals surface area contributed by atoms with Crippen LogP contribution in [-0.2, 0) is 6.54 Å². The fourth-order valence-electron chi connectivity index (χ4n) is 3.81. The number of rotatable bonds is 3. The molecule has 0 spiro atoms. The van der Waals surface area contributed by atoms with Gasteiger partial charge in [-0.15, -0.1) is 0 Å². The lowest BCUT2D eigenvalue weighted by Gasteiger charge is -2.22. The van der Waals surface area contributed by atoms with Gasteiger partial charge >= 0.3 is 0 Å². The minimum Gasteiger partial charge on any atom is -0.305 e. The van der Waals surface area contributed by atoms with Crippen molar-refractivity contribution in [3.8, 4) is 5.69 Å².